The molecule has 0 aromatic heterocycles. The van der Waals surface area contributed by atoms with E-state index < -0.39 is 0 Å². The van der Waals surface area contributed by atoms with E-state index in [4.69, 9.17) is 4.74 Å². The fraction of sp³-hybridized carbons (Fsp3) is 0.611. The molecule has 2 amide bonds. The molecule has 1 aromatic carbocycles. The number of hydrogen-bond acceptors (Lipinski definition) is 3. The maximum absolute atomic E-state index is 12.9. The molecule has 0 aliphatic carbocycles. The molecule has 0 unspecified atom stereocenters. The molecule has 6 heteroatoms. The van der Waals surface area contributed by atoms with Gasteiger partial charge in [0.25, 0.3) is 0 Å². The van der Waals surface area contributed by atoms with Gasteiger partial charge in [0.05, 0.1) is 6.54 Å². The summed E-state index contributed by atoms with van der Waals surface area (Å²) in [7, 11) is 0. The highest BCUT2D eigenvalue weighted by Crippen LogP contribution is 2.11. The molecule has 1 aromatic rings. The average Bonchev–Trinajstić information content (AvgIpc) is 2.56. The molecule has 5 nitrogen and oxygen atoms in total. The minimum Gasteiger partial charge on any atom is -0.492 e. The predicted octanol–water partition coefficient (Wildman–Crippen LogP) is 2.97. The molecule has 0 bridgehead atoms. The van der Waals surface area contributed by atoms with Crippen molar-refractivity contribution in [3.63, 3.8) is 0 Å². The molecule has 136 valence electrons. The van der Waals surface area contributed by atoms with Crippen LogP contribution in [0.4, 0.5) is 9.18 Å². The number of ether oxygens (including phenoxy) is 1. The fourth-order valence-corrected chi connectivity index (χ4v) is 2.35. The highest BCUT2D eigenvalue weighted by Gasteiger charge is 2.16. The zero-order valence-electron chi connectivity index (χ0n) is 15.2. The normalized spacial score (nSPS) is 11.0. The van der Waals surface area contributed by atoms with Gasteiger partial charge in [0.2, 0.25) is 0 Å². The number of likely N-dealkylation sites (N-methyl/N-ethyl adjacent to an activating group) is 1. The maximum Gasteiger partial charge on any atom is 0.317 e. The number of hydrogen-bond donors (Lipinski definition) is 1. The van der Waals surface area contributed by atoms with Crippen molar-refractivity contribution in [2.24, 2.45) is 0 Å². The third kappa shape index (κ3) is 7.17. The quantitative estimate of drug-likeness (QED) is 0.713. The molecule has 1 rings (SSSR count). The van der Waals surface area contributed by atoms with Crippen LogP contribution in [0.2, 0.25) is 0 Å². The molecule has 1 N–H and O–H groups in total. The fourth-order valence-electron chi connectivity index (χ4n) is 2.35. The Kier molecular flexibility index (Phi) is 9.15. The van der Waals surface area contributed by atoms with Gasteiger partial charge in [0, 0.05) is 19.1 Å². The minimum atomic E-state index is -0.293. The summed E-state index contributed by atoms with van der Waals surface area (Å²) in [5.74, 6) is 0.306. The largest absolute Gasteiger partial charge is 0.492 e. The van der Waals surface area contributed by atoms with Gasteiger partial charge < -0.3 is 19.9 Å². The van der Waals surface area contributed by atoms with Gasteiger partial charge >= 0.3 is 6.03 Å². The molecule has 0 saturated carbocycles. The summed E-state index contributed by atoms with van der Waals surface area (Å²) in [6, 6.07) is 5.87. The second-order valence-corrected chi connectivity index (χ2v) is 5.85. The minimum absolute atomic E-state index is 0.0790. The second-order valence-electron chi connectivity index (χ2n) is 5.85. The van der Waals surface area contributed by atoms with Crippen LogP contribution in [0.5, 0.6) is 5.75 Å². The smallest absolute Gasteiger partial charge is 0.317 e. The molecule has 0 aliphatic heterocycles. The molecule has 0 saturated heterocycles. The van der Waals surface area contributed by atoms with Gasteiger partial charge in [0.15, 0.2) is 0 Å². The van der Waals surface area contributed by atoms with Gasteiger partial charge in [-0.25, -0.2) is 9.18 Å². The first kappa shape index (κ1) is 20.2. The lowest BCUT2D eigenvalue weighted by atomic mass is 10.3. The van der Waals surface area contributed by atoms with E-state index in [9.17, 15) is 9.18 Å². The summed E-state index contributed by atoms with van der Waals surface area (Å²) in [6.45, 7) is 12.4. The Morgan fingerprint density at radius 2 is 1.79 bits per heavy atom. The van der Waals surface area contributed by atoms with Gasteiger partial charge in [0.1, 0.15) is 18.2 Å². The second kappa shape index (κ2) is 10.9. The van der Waals surface area contributed by atoms with Crippen molar-refractivity contribution in [1.82, 2.24) is 15.1 Å². The Labute approximate surface area is 144 Å². The molecular weight excluding hydrogens is 309 g/mol. The lowest BCUT2D eigenvalue weighted by Gasteiger charge is -2.27. The number of benzene rings is 1. The van der Waals surface area contributed by atoms with Crippen molar-refractivity contribution in [2.45, 2.75) is 33.7 Å². The van der Waals surface area contributed by atoms with Crippen LogP contribution in [-0.2, 0) is 0 Å². The van der Waals surface area contributed by atoms with Crippen LogP contribution in [-0.4, -0.2) is 61.2 Å². The number of halogens is 1. The summed E-state index contributed by atoms with van der Waals surface area (Å²) in [4.78, 5) is 16.3. The highest BCUT2D eigenvalue weighted by atomic mass is 19.1. The number of carbonyl (C=O) groups is 1. The molecular formula is C18H30FN3O2. The van der Waals surface area contributed by atoms with Gasteiger partial charge in [-0.2, -0.15) is 0 Å². The lowest BCUT2D eigenvalue weighted by Crippen LogP contribution is -2.47. The summed E-state index contributed by atoms with van der Waals surface area (Å²) in [5, 5.41) is 2.96. The SMILES string of the molecule is CCN(CC)CCNC(=O)N(CCOc1ccc(F)cc1)C(C)C. The number of urea groups is 1. The Balaban J connectivity index is 2.39. The predicted molar refractivity (Wildman–Crippen MR) is 94.9 cm³/mol. The van der Waals surface area contributed by atoms with Gasteiger partial charge in [-0.15, -0.1) is 0 Å². The number of amides is 2. The van der Waals surface area contributed by atoms with E-state index in [0.29, 0.717) is 25.4 Å². The molecule has 0 fully saturated rings. The third-order valence-corrected chi connectivity index (χ3v) is 3.90. The molecule has 0 heterocycles. The van der Waals surface area contributed by atoms with Crippen LogP contribution in [0.25, 0.3) is 0 Å². The molecule has 24 heavy (non-hydrogen) atoms. The van der Waals surface area contributed by atoms with Crippen molar-refractivity contribution in [1.29, 1.82) is 0 Å². The van der Waals surface area contributed by atoms with Crippen LogP contribution in [0.3, 0.4) is 0 Å². The molecule has 0 radical (unpaired) electrons. The number of nitrogens with zero attached hydrogens (tertiary/aromatic N) is 2. The summed E-state index contributed by atoms with van der Waals surface area (Å²) in [5.41, 5.74) is 0. The molecule has 0 atom stereocenters. The van der Waals surface area contributed by atoms with Crippen molar-refractivity contribution in [3.8, 4) is 5.75 Å². The molecule has 0 spiro atoms. The van der Waals surface area contributed by atoms with E-state index in [0.717, 1.165) is 19.6 Å². The summed E-state index contributed by atoms with van der Waals surface area (Å²) >= 11 is 0. The van der Waals surface area contributed by atoms with E-state index in [2.05, 4.69) is 24.1 Å². The van der Waals surface area contributed by atoms with Crippen molar-refractivity contribution < 1.29 is 13.9 Å². The number of rotatable bonds is 10. The van der Waals surface area contributed by atoms with Crippen molar-refractivity contribution >= 4 is 6.03 Å². The van der Waals surface area contributed by atoms with Gasteiger partial charge in [-0.05, 0) is 51.2 Å². The van der Waals surface area contributed by atoms with Gasteiger partial charge in [-0.1, -0.05) is 13.8 Å². The van der Waals surface area contributed by atoms with E-state index in [1.54, 1.807) is 17.0 Å². The van der Waals surface area contributed by atoms with E-state index in [1.807, 2.05) is 13.8 Å². The Hall–Kier alpha value is -1.82. The zero-order chi connectivity index (χ0) is 17.9. The van der Waals surface area contributed by atoms with Crippen LogP contribution in [0, 0.1) is 5.82 Å². The zero-order valence-corrected chi connectivity index (χ0v) is 15.2. The monoisotopic (exact) mass is 339 g/mol. The number of nitrogens with one attached hydrogen (secondary N) is 1. The van der Waals surface area contributed by atoms with E-state index in [1.165, 1.54) is 12.1 Å². The van der Waals surface area contributed by atoms with Crippen molar-refractivity contribution in [3.05, 3.63) is 30.1 Å². The number of carbonyl (C=O) groups excluding carboxylic acids is 1. The van der Waals surface area contributed by atoms with Crippen LogP contribution in [0.1, 0.15) is 27.7 Å². The highest BCUT2D eigenvalue weighted by molar-refractivity contribution is 5.74. The third-order valence-electron chi connectivity index (χ3n) is 3.90. The molecule has 0 aliphatic rings. The Morgan fingerprint density at radius 1 is 1.17 bits per heavy atom. The first-order chi connectivity index (χ1) is 11.5. The average molecular weight is 339 g/mol. The van der Waals surface area contributed by atoms with E-state index in [-0.39, 0.29) is 17.9 Å². The first-order valence-electron chi connectivity index (χ1n) is 8.63. The topological polar surface area (TPSA) is 44.8 Å². The van der Waals surface area contributed by atoms with Crippen molar-refractivity contribution in [2.75, 3.05) is 39.3 Å². The summed E-state index contributed by atoms with van der Waals surface area (Å²) in [6.07, 6.45) is 0. The van der Waals surface area contributed by atoms with Crippen LogP contribution in [0.15, 0.2) is 24.3 Å². The standard InChI is InChI=1S/C18H30FN3O2/c1-5-21(6-2)12-11-20-18(23)22(15(3)4)13-14-24-17-9-7-16(19)8-10-17/h7-10,15H,5-6,11-14H2,1-4H3,(H,20,23). The lowest BCUT2D eigenvalue weighted by molar-refractivity contribution is 0.165. The van der Waals surface area contributed by atoms with Crippen LogP contribution < -0.4 is 10.1 Å². The van der Waals surface area contributed by atoms with Crippen LogP contribution >= 0.6 is 0 Å². The summed E-state index contributed by atoms with van der Waals surface area (Å²) < 4.78 is 18.4. The maximum atomic E-state index is 12.9. The Bertz CT molecular complexity index is 476. The first-order valence-corrected chi connectivity index (χ1v) is 8.63. The Morgan fingerprint density at radius 3 is 2.33 bits per heavy atom. The van der Waals surface area contributed by atoms with Gasteiger partial charge in [-0.3, -0.25) is 0 Å². The van der Waals surface area contributed by atoms with E-state index >= 15 is 0 Å².